The lowest BCUT2D eigenvalue weighted by Gasteiger charge is -2.34. The lowest BCUT2D eigenvalue weighted by Crippen LogP contribution is -2.51. The summed E-state index contributed by atoms with van der Waals surface area (Å²) in [7, 11) is 0. The molecule has 0 bridgehead atoms. The van der Waals surface area contributed by atoms with Gasteiger partial charge in [-0.1, -0.05) is 31.5 Å². The Morgan fingerprint density at radius 3 is 2.80 bits per heavy atom. The van der Waals surface area contributed by atoms with Crippen molar-refractivity contribution in [3.8, 4) is 0 Å². The summed E-state index contributed by atoms with van der Waals surface area (Å²) < 4.78 is 0. The first-order valence-electron chi connectivity index (χ1n) is 7.95. The molecular formula is C17H24N2O. The molecule has 1 aromatic carbocycles. The number of amides is 1. The number of carbonyl (C=O) groups excluding carboxylic acids is 1. The number of hydrogen-bond acceptors (Lipinski definition) is 2. The van der Waals surface area contributed by atoms with Gasteiger partial charge in [0.15, 0.2) is 0 Å². The number of carbonyl (C=O) groups is 1. The molecule has 1 N–H and O–H groups in total. The number of hydrogen-bond donors (Lipinski definition) is 1. The minimum absolute atomic E-state index is 0.0333. The van der Waals surface area contributed by atoms with Gasteiger partial charge in [0.25, 0.3) is 0 Å². The molecule has 1 aromatic rings. The maximum atomic E-state index is 12.7. The zero-order chi connectivity index (χ0) is 13.9. The molecule has 1 saturated heterocycles. The minimum atomic E-state index is 0.0333. The Morgan fingerprint density at radius 2 is 2.05 bits per heavy atom. The molecular weight excluding hydrogens is 248 g/mol. The zero-order valence-corrected chi connectivity index (χ0v) is 12.3. The van der Waals surface area contributed by atoms with Crippen LogP contribution < -0.4 is 10.2 Å². The molecule has 20 heavy (non-hydrogen) atoms. The summed E-state index contributed by atoms with van der Waals surface area (Å²) in [5, 5.41) is 3.50. The summed E-state index contributed by atoms with van der Waals surface area (Å²) in [6, 6.07) is 9.00. The maximum Gasteiger partial charge on any atom is 0.244 e. The van der Waals surface area contributed by atoms with Crippen molar-refractivity contribution in [1.29, 1.82) is 0 Å². The van der Waals surface area contributed by atoms with Gasteiger partial charge in [0.2, 0.25) is 5.91 Å². The Bertz CT molecular complexity index is 482. The fourth-order valence-corrected chi connectivity index (χ4v) is 3.06. The molecule has 3 heteroatoms. The van der Waals surface area contributed by atoms with Crippen molar-refractivity contribution < 1.29 is 4.79 Å². The third-order valence-corrected chi connectivity index (χ3v) is 4.25. The Morgan fingerprint density at radius 1 is 1.25 bits per heavy atom. The number of rotatable bonds is 5. The largest absolute Gasteiger partial charge is 0.311 e. The highest BCUT2D eigenvalue weighted by atomic mass is 16.2. The van der Waals surface area contributed by atoms with Crippen molar-refractivity contribution in [2.75, 3.05) is 11.4 Å². The molecule has 0 spiro atoms. The second kappa shape index (κ2) is 5.96. The van der Waals surface area contributed by atoms with Gasteiger partial charge < -0.3 is 10.2 Å². The van der Waals surface area contributed by atoms with Crippen molar-refractivity contribution in [3.05, 3.63) is 29.8 Å². The van der Waals surface area contributed by atoms with Crippen LogP contribution in [0.25, 0.3) is 0 Å². The van der Waals surface area contributed by atoms with E-state index < -0.39 is 0 Å². The summed E-state index contributed by atoms with van der Waals surface area (Å²) in [6.45, 7) is 3.05. The highest BCUT2D eigenvalue weighted by Gasteiger charge is 2.34. The SMILES string of the molecule is CCCc1ccccc1N1CCCC(NC2CC2)C1=O. The van der Waals surface area contributed by atoms with Gasteiger partial charge >= 0.3 is 0 Å². The smallest absolute Gasteiger partial charge is 0.244 e. The van der Waals surface area contributed by atoms with E-state index in [0.717, 1.165) is 37.9 Å². The van der Waals surface area contributed by atoms with Crippen LogP contribution in [-0.4, -0.2) is 24.5 Å². The molecule has 3 nitrogen and oxygen atoms in total. The maximum absolute atomic E-state index is 12.7. The topological polar surface area (TPSA) is 32.3 Å². The predicted octanol–water partition coefficient (Wildman–Crippen LogP) is 2.89. The van der Waals surface area contributed by atoms with E-state index in [4.69, 9.17) is 0 Å². The van der Waals surface area contributed by atoms with Crippen molar-refractivity contribution in [2.24, 2.45) is 0 Å². The van der Waals surface area contributed by atoms with Crippen LogP contribution in [0.5, 0.6) is 0 Å². The first-order valence-corrected chi connectivity index (χ1v) is 7.95. The molecule has 1 aliphatic heterocycles. The molecule has 2 aliphatic rings. The standard InChI is InChI=1S/C17H24N2O/c1-2-6-13-7-3-4-9-16(13)19-12-5-8-15(17(19)20)18-14-10-11-14/h3-4,7,9,14-15,18H,2,5-6,8,10-12H2,1H3. The van der Waals surface area contributed by atoms with Gasteiger partial charge in [0, 0.05) is 18.3 Å². The van der Waals surface area contributed by atoms with Crippen molar-refractivity contribution >= 4 is 11.6 Å². The first kappa shape index (κ1) is 13.6. The highest BCUT2D eigenvalue weighted by molar-refractivity contribution is 5.98. The number of benzene rings is 1. The van der Waals surface area contributed by atoms with Crippen LogP contribution in [0.1, 0.15) is 44.6 Å². The Labute approximate surface area is 121 Å². The minimum Gasteiger partial charge on any atom is -0.311 e. The Hall–Kier alpha value is -1.35. The van der Waals surface area contributed by atoms with Gasteiger partial charge in [-0.2, -0.15) is 0 Å². The second-order valence-corrected chi connectivity index (χ2v) is 6.00. The van der Waals surface area contributed by atoms with E-state index in [1.807, 2.05) is 11.0 Å². The Kier molecular flexibility index (Phi) is 4.06. The van der Waals surface area contributed by atoms with E-state index in [-0.39, 0.29) is 11.9 Å². The molecule has 2 fully saturated rings. The molecule has 1 aliphatic carbocycles. The van der Waals surface area contributed by atoms with Crippen LogP contribution in [0.2, 0.25) is 0 Å². The fraction of sp³-hybridized carbons (Fsp3) is 0.588. The van der Waals surface area contributed by atoms with Crippen molar-refractivity contribution in [2.45, 2.75) is 57.5 Å². The predicted molar refractivity (Wildman–Crippen MR) is 82.0 cm³/mol. The van der Waals surface area contributed by atoms with Crippen molar-refractivity contribution in [3.63, 3.8) is 0 Å². The lowest BCUT2D eigenvalue weighted by atomic mass is 10.0. The van der Waals surface area contributed by atoms with Crippen LogP contribution in [-0.2, 0) is 11.2 Å². The number of aryl methyl sites for hydroxylation is 1. The normalized spacial score (nSPS) is 23.1. The molecule has 1 atom stereocenters. The van der Waals surface area contributed by atoms with Gasteiger partial charge in [0.05, 0.1) is 6.04 Å². The third-order valence-electron chi connectivity index (χ3n) is 4.25. The number of piperidine rings is 1. The average molecular weight is 272 g/mol. The van der Waals surface area contributed by atoms with E-state index in [0.29, 0.717) is 6.04 Å². The summed E-state index contributed by atoms with van der Waals surface area (Å²) in [5.74, 6) is 0.270. The fourth-order valence-electron chi connectivity index (χ4n) is 3.06. The van der Waals surface area contributed by atoms with E-state index >= 15 is 0 Å². The van der Waals surface area contributed by atoms with E-state index in [1.54, 1.807) is 0 Å². The van der Waals surface area contributed by atoms with E-state index in [1.165, 1.54) is 18.4 Å². The third kappa shape index (κ3) is 2.88. The molecule has 0 aromatic heterocycles. The van der Waals surface area contributed by atoms with Gasteiger partial charge in [-0.15, -0.1) is 0 Å². The molecule has 0 radical (unpaired) electrons. The van der Waals surface area contributed by atoms with Gasteiger partial charge in [-0.05, 0) is 43.7 Å². The molecule has 3 rings (SSSR count). The molecule has 1 unspecified atom stereocenters. The number of nitrogens with zero attached hydrogens (tertiary/aromatic N) is 1. The first-order chi connectivity index (χ1) is 9.79. The highest BCUT2D eigenvalue weighted by Crippen LogP contribution is 2.28. The molecule has 1 saturated carbocycles. The Balaban J connectivity index is 1.79. The zero-order valence-electron chi connectivity index (χ0n) is 12.3. The van der Waals surface area contributed by atoms with Gasteiger partial charge in [0.1, 0.15) is 0 Å². The van der Waals surface area contributed by atoms with Gasteiger partial charge in [-0.25, -0.2) is 0 Å². The van der Waals surface area contributed by atoms with E-state index in [2.05, 4.69) is 30.4 Å². The number of nitrogens with one attached hydrogen (secondary N) is 1. The molecule has 108 valence electrons. The number of anilines is 1. The summed E-state index contributed by atoms with van der Waals surface area (Å²) in [4.78, 5) is 14.7. The number of para-hydroxylation sites is 1. The monoisotopic (exact) mass is 272 g/mol. The van der Waals surface area contributed by atoms with Crippen LogP contribution in [0.4, 0.5) is 5.69 Å². The van der Waals surface area contributed by atoms with Crippen LogP contribution in [0.15, 0.2) is 24.3 Å². The summed E-state index contributed by atoms with van der Waals surface area (Å²) in [5.41, 5.74) is 2.43. The van der Waals surface area contributed by atoms with Crippen LogP contribution in [0, 0.1) is 0 Å². The summed E-state index contributed by atoms with van der Waals surface area (Å²) in [6.07, 6.45) is 6.70. The van der Waals surface area contributed by atoms with Crippen molar-refractivity contribution in [1.82, 2.24) is 5.32 Å². The van der Waals surface area contributed by atoms with Crippen LogP contribution in [0.3, 0.4) is 0 Å². The molecule has 1 heterocycles. The lowest BCUT2D eigenvalue weighted by molar-refractivity contribution is -0.121. The van der Waals surface area contributed by atoms with Gasteiger partial charge in [-0.3, -0.25) is 4.79 Å². The van der Waals surface area contributed by atoms with E-state index in [9.17, 15) is 4.79 Å². The summed E-state index contributed by atoms with van der Waals surface area (Å²) >= 11 is 0. The second-order valence-electron chi connectivity index (χ2n) is 6.00. The van der Waals surface area contributed by atoms with Crippen LogP contribution >= 0.6 is 0 Å². The average Bonchev–Trinajstić information content (AvgIpc) is 3.27. The molecule has 1 amide bonds. The quantitative estimate of drug-likeness (QED) is 0.894.